The second kappa shape index (κ2) is 8.20. The van der Waals surface area contributed by atoms with E-state index in [1.54, 1.807) is 18.9 Å². The number of aromatic nitrogens is 5. The van der Waals surface area contributed by atoms with Crippen molar-refractivity contribution in [1.29, 1.82) is 0 Å². The van der Waals surface area contributed by atoms with Crippen LogP contribution in [-0.2, 0) is 12.6 Å². The lowest BCUT2D eigenvalue weighted by atomic mass is 9.80. The number of benzene rings is 3. The number of aryl methyl sites for hydroxylation is 1. The van der Waals surface area contributed by atoms with Gasteiger partial charge < -0.3 is 10.3 Å². The topological polar surface area (TPSA) is 74.0 Å². The zero-order chi connectivity index (χ0) is 24.2. The lowest BCUT2D eigenvalue weighted by Crippen LogP contribution is -2.40. The molecular formula is C27H20Cl2N6. The molecule has 6 aromatic rings. The first-order valence-corrected chi connectivity index (χ1v) is 11.8. The van der Waals surface area contributed by atoms with Crippen molar-refractivity contribution in [2.24, 2.45) is 12.8 Å². The zero-order valence-corrected chi connectivity index (χ0v) is 20.2. The summed E-state index contributed by atoms with van der Waals surface area (Å²) < 4.78 is 3.91. The summed E-state index contributed by atoms with van der Waals surface area (Å²) in [6.45, 7) is 0. The molecule has 3 aromatic carbocycles. The number of nitrogens with zero attached hydrogens (tertiary/aromatic N) is 5. The minimum Gasteiger partial charge on any atom is -0.336 e. The molecule has 0 bridgehead atoms. The molecule has 8 heteroatoms. The van der Waals surface area contributed by atoms with Crippen molar-refractivity contribution in [3.63, 3.8) is 0 Å². The number of hydrogen-bond donors (Lipinski definition) is 1. The molecule has 1 unspecified atom stereocenters. The van der Waals surface area contributed by atoms with E-state index < -0.39 is 5.54 Å². The second-order valence-corrected chi connectivity index (χ2v) is 9.44. The van der Waals surface area contributed by atoms with Crippen LogP contribution in [0.15, 0.2) is 91.6 Å². The Morgan fingerprint density at radius 3 is 2.40 bits per heavy atom. The van der Waals surface area contributed by atoms with Crippen molar-refractivity contribution < 1.29 is 0 Å². The van der Waals surface area contributed by atoms with Gasteiger partial charge in [0.15, 0.2) is 5.65 Å². The lowest BCUT2D eigenvalue weighted by Gasteiger charge is -2.31. The molecule has 35 heavy (non-hydrogen) atoms. The molecule has 0 fully saturated rings. The van der Waals surface area contributed by atoms with E-state index in [1.165, 1.54) is 0 Å². The third kappa shape index (κ3) is 3.49. The monoisotopic (exact) mass is 498 g/mol. The maximum atomic E-state index is 7.30. The Kier molecular flexibility index (Phi) is 5.11. The maximum Gasteiger partial charge on any atom is 0.161 e. The van der Waals surface area contributed by atoms with Gasteiger partial charge in [0.2, 0.25) is 0 Å². The standard InChI is InChI=1S/C27H20Cl2N6/c1-34-15-31-14-25(34)27(30,18-5-8-20(28)9-6-18)19-7-10-24-23(12-19)22(13-26-33-32-16-35(24)26)17-3-2-4-21(29)11-17/h2-16H,30H2,1H3. The molecule has 0 spiro atoms. The van der Waals surface area contributed by atoms with Crippen LogP contribution in [0, 0.1) is 0 Å². The molecular weight excluding hydrogens is 479 g/mol. The SMILES string of the molecule is Cn1cncc1C(N)(c1ccc(Cl)cc1)c1ccc2c(c1)c(-c1cccc(Cl)c1)cc1nncn12. The minimum atomic E-state index is -0.974. The number of nitrogens with two attached hydrogens (primary N) is 1. The van der Waals surface area contributed by atoms with Crippen LogP contribution in [0.2, 0.25) is 10.0 Å². The van der Waals surface area contributed by atoms with Gasteiger partial charge in [0.05, 0.1) is 23.7 Å². The summed E-state index contributed by atoms with van der Waals surface area (Å²) in [4.78, 5) is 4.35. The van der Waals surface area contributed by atoms with Crippen LogP contribution < -0.4 is 5.73 Å². The van der Waals surface area contributed by atoms with Gasteiger partial charge in [-0.3, -0.25) is 4.40 Å². The van der Waals surface area contributed by atoms with Crippen LogP contribution in [0.5, 0.6) is 0 Å². The Labute approximate surface area is 211 Å². The first-order valence-electron chi connectivity index (χ1n) is 11.0. The molecule has 172 valence electrons. The van der Waals surface area contributed by atoms with Gasteiger partial charge in [0.25, 0.3) is 0 Å². The first-order chi connectivity index (χ1) is 16.9. The van der Waals surface area contributed by atoms with Gasteiger partial charge >= 0.3 is 0 Å². The van der Waals surface area contributed by atoms with Gasteiger partial charge in [-0.15, -0.1) is 10.2 Å². The van der Waals surface area contributed by atoms with Crippen LogP contribution in [-0.4, -0.2) is 24.1 Å². The van der Waals surface area contributed by atoms with Gasteiger partial charge in [-0.25, -0.2) is 4.98 Å². The van der Waals surface area contributed by atoms with Gasteiger partial charge in [-0.2, -0.15) is 0 Å². The van der Waals surface area contributed by atoms with E-state index in [9.17, 15) is 0 Å². The highest BCUT2D eigenvalue weighted by Crippen LogP contribution is 2.38. The summed E-state index contributed by atoms with van der Waals surface area (Å²) >= 11 is 12.6. The van der Waals surface area contributed by atoms with Gasteiger partial charge in [-0.1, -0.05) is 53.5 Å². The number of pyridine rings is 1. The van der Waals surface area contributed by atoms with E-state index in [2.05, 4.69) is 27.3 Å². The molecule has 6 nitrogen and oxygen atoms in total. The summed E-state index contributed by atoms with van der Waals surface area (Å²) in [5.74, 6) is 0. The third-order valence-electron chi connectivity index (χ3n) is 6.51. The Bertz CT molecular complexity index is 1700. The molecule has 0 aliphatic carbocycles. The van der Waals surface area contributed by atoms with Gasteiger partial charge in [0.1, 0.15) is 11.9 Å². The number of imidazole rings is 1. The average Bonchev–Trinajstić information content (AvgIpc) is 3.52. The third-order valence-corrected chi connectivity index (χ3v) is 6.99. The van der Waals surface area contributed by atoms with Gasteiger partial charge in [-0.05, 0) is 64.7 Å². The molecule has 0 radical (unpaired) electrons. The van der Waals surface area contributed by atoms with Crippen LogP contribution >= 0.6 is 23.2 Å². The van der Waals surface area contributed by atoms with E-state index in [0.717, 1.165) is 44.5 Å². The van der Waals surface area contributed by atoms with E-state index in [4.69, 9.17) is 28.9 Å². The molecule has 3 heterocycles. The highest BCUT2D eigenvalue weighted by Gasteiger charge is 2.35. The molecule has 0 aliphatic rings. The van der Waals surface area contributed by atoms with Crippen LogP contribution in [0.3, 0.4) is 0 Å². The number of rotatable bonds is 4. The predicted octanol–water partition coefficient (Wildman–Crippen LogP) is 5.84. The fourth-order valence-corrected chi connectivity index (χ4v) is 5.07. The van der Waals surface area contributed by atoms with Crippen molar-refractivity contribution in [1.82, 2.24) is 24.1 Å². The Morgan fingerprint density at radius 2 is 1.66 bits per heavy atom. The number of fused-ring (bicyclic) bond motifs is 3. The molecule has 6 rings (SSSR count). The van der Waals surface area contributed by atoms with E-state index in [-0.39, 0.29) is 0 Å². The van der Waals surface area contributed by atoms with Crippen molar-refractivity contribution in [2.75, 3.05) is 0 Å². The lowest BCUT2D eigenvalue weighted by molar-refractivity contribution is 0.596. The fourth-order valence-electron chi connectivity index (χ4n) is 4.75. The average molecular weight is 499 g/mol. The summed E-state index contributed by atoms with van der Waals surface area (Å²) in [6.07, 6.45) is 5.28. The van der Waals surface area contributed by atoms with Crippen LogP contribution in [0.4, 0.5) is 0 Å². The Morgan fingerprint density at radius 1 is 0.857 bits per heavy atom. The van der Waals surface area contributed by atoms with Crippen LogP contribution in [0.25, 0.3) is 27.7 Å². The zero-order valence-electron chi connectivity index (χ0n) is 18.7. The fraction of sp³-hybridized carbons (Fsp3) is 0.0741. The highest BCUT2D eigenvalue weighted by atomic mass is 35.5. The summed E-state index contributed by atoms with van der Waals surface area (Å²) in [5.41, 5.74) is 12.7. The molecule has 0 amide bonds. The molecule has 3 aromatic heterocycles. The Hall–Kier alpha value is -3.71. The normalized spacial score (nSPS) is 13.4. The first kappa shape index (κ1) is 21.8. The number of hydrogen-bond acceptors (Lipinski definition) is 4. The molecule has 0 saturated heterocycles. The summed E-state index contributed by atoms with van der Waals surface area (Å²) in [5, 5.41) is 10.7. The summed E-state index contributed by atoms with van der Waals surface area (Å²) in [7, 11) is 1.94. The second-order valence-electron chi connectivity index (χ2n) is 8.56. The van der Waals surface area contributed by atoms with E-state index in [0.29, 0.717) is 10.0 Å². The van der Waals surface area contributed by atoms with E-state index >= 15 is 0 Å². The van der Waals surface area contributed by atoms with Crippen LogP contribution in [0.1, 0.15) is 16.8 Å². The van der Waals surface area contributed by atoms with Crippen molar-refractivity contribution in [3.05, 3.63) is 119 Å². The van der Waals surface area contributed by atoms with Crippen molar-refractivity contribution >= 4 is 39.8 Å². The molecule has 1 atom stereocenters. The Balaban J connectivity index is 1.68. The largest absolute Gasteiger partial charge is 0.336 e. The minimum absolute atomic E-state index is 0.651. The summed E-state index contributed by atoms with van der Waals surface area (Å²) in [6, 6.07) is 23.7. The maximum absolute atomic E-state index is 7.30. The molecule has 0 aliphatic heterocycles. The van der Waals surface area contributed by atoms with Crippen molar-refractivity contribution in [2.45, 2.75) is 5.54 Å². The van der Waals surface area contributed by atoms with Crippen molar-refractivity contribution in [3.8, 4) is 11.1 Å². The van der Waals surface area contributed by atoms with E-state index in [1.807, 2.05) is 76.7 Å². The molecule has 2 N–H and O–H groups in total. The smallest absolute Gasteiger partial charge is 0.161 e. The predicted molar refractivity (Wildman–Crippen MR) is 140 cm³/mol. The quantitative estimate of drug-likeness (QED) is 0.331. The highest BCUT2D eigenvalue weighted by molar-refractivity contribution is 6.31. The van der Waals surface area contributed by atoms with Gasteiger partial charge in [0, 0.05) is 22.5 Å². The molecule has 0 saturated carbocycles. The number of halogens is 2.